The van der Waals surface area contributed by atoms with Crippen LogP contribution in [-0.2, 0) is 9.31 Å². The maximum atomic E-state index is 5.15. The molecule has 4 radical (unpaired) electrons. The quantitative estimate of drug-likeness (QED) is 0.497. The van der Waals surface area contributed by atoms with Crippen LogP contribution in [0.1, 0.15) is 26.2 Å². The van der Waals surface area contributed by atoms with Crippen LogP contribution in [0.5, 0.6) is 0 Å². The van der Waals surface area contributed by atoms with Gasteiger partial charge in [-0.25, -0.2) is 0 Å². The molecule has 2 aliphatic carbocycles. The summed E-state index contributed by atoms with van der Waals surface area (Å²) in [6, 6.07) is 0. The van der Waals surface area contributed by atoms with E-state index in [1.807, 2.05) is 0 Å². The summed E-state index contributed by atoms with van der Waals surface area (Å²) >= 11 is 0. The van der Waals surface area contributed by atoms with E-state index in [9.17, 15) is 0 Å². The lowest BCUT2D eigenvalue weighted by atomic mass is 9.67. The van der Waals surface area contributed by atoms with Gasteiger partial charge >= 0.3 is 0 Å². The zero-order valence-corrected chi connectivity index (χ0v) is 9.89. The Hall–Kier alpha value is -0.210. The van der Waals surface area contributed by atoms with E-state index in [1.54, 1.807) is 0 Å². The van der Waals surface area contributed by atoms with Gasteiger partial charge in [0.1, 0.15) is 0 Å². The van der Waals surface area contributed by atoms with Crippen molar-refractivity contribution in [2.24, 2.45) is 23.2 Å². The largest absolute Gasteiger partial charge is 0.448 e. The molecule has 0 aromatic heterocycles. The first-order valence-electron chi connectivity index (χ1n) is 6.04. The molecule has 1 fully saturated rings. The van der Waals surface area contributed by atoms with Crippen molar-refractivity contribution in [1.29, 1.82) is 0 Å². The van der Waals surface area contributed by atoms with Crippen LogP contribution >= 0.6 is 0 Å². The summed E-state index contributed by atoms with van der Waals surface area (Å²) in [4.78, 5) is 0. The van der Waals surface area contributed by atoms with Crippen LogP contribution in [0, 0.1) is 23.2 Å². The molecule has 0 aliphatic heterocycles. The van der Waals surface area contributed by atoms with Crippen molar-refractivity contribution in [2.45, 2.75) is 26.2 Å². The van der Waals surface area contributed by atoms with Gasteiger partial charge in [-0.05, 0) is 42.4 Å². The Balaban J connectivity index is 2.05. The van der Waals surface area contributed by atoms with Gasteiger partial charge in [-0.3, -0.25) is 0 Å². The van der Waals surface area contributed by atoms with E-state index in [0.29, 0.717) is 36.4 Å². The topological polar surface area (TPSA) is 18.5 Å². The summed E-state index contributed by atoms with van der Waals surface area (Å²) in [5.41, 5.74) is 0.303. The highest BCUT2D eigenvalue weighted by atomic mass is 16.4. The van der Waals surface area contributed by atoms with Gasteiger partial charge in [0, 0.05) is 13.2 Å². The highest BCUT2D eigenvalue weighted by molar-refractivity contribution is 5.98. The van der Waals surface area contributed by atoms with E-state index in [1.165, 1.54) is 6.42 Å². The first-order chi connectivity index (χ1) is 7.72. The summed E-state index contributed by atoms with van der Waals surface area (Å²) < 4.78 is 9.48. The molecule has 4 heteroatoms. The van der Waals surface area contributed by atoms with Gasteiger partial charge in [0.15, 0.2) is 0 Å². The molecule has 0 heterocycles. The Bertz CT molecular complexity index is 270. The predicted molar refractivity (Wildman–Crippen MR) is 65.0 cm³/mol. The summed E-state index contributed by atoms with van der Waals surface area (Å²) in [5, 5.41) is 0. The molecule has 0 spiro atoms. The molecule has 4 atom stereocenters. The van der Waals surface area contributed by atoms with Crippen molar-refractivity contribution >= 4 is 16.1 Å². The maximum Gasteiger partial charge on any atom is 0.282 e. The van der Waals surface area contributed by atoms with E-state index >= 15 is 0 Å². The second-order valence-electron chi connectivity index (χ2n) is 5.28. The van der Waals surface area contributed by atoms with Crippen LogP contribution in [0.2, 0.25) is 0 Å². The van der Waals surface area contributed by atoms with Gasteiger partial charge in [0.05, 0.1) is 0 Å². The van der Waals surface area contributed by atoms with E-state index in [2.05, 4.69) is 19.1 Å². The highest BCUT2D eigenvalue weighted by Gasteiger charge is 2.51. The van der Waals surface area contributed by atoms with Gasteiger partial charge in [-0.2, -0.15) is 0 Å². The molecule has 16 heavy (non-hydrogen) atoms. The van der Waals surface area contributed by atoms with Crippen LogP contribution in [0.15, 0.2) is 12.2 Å². The first-order valence-corrected chi connectivity index (χ1v) is 6.04. The zero-order chi connectivity index (χ0) is 11.6. The number of hydrogen-bond acceptors (Lipinski definition) is 2. The van der Waals surface area contributed by atoms with Crippen molar-refractivity contribution in [2.75, 3.05) is 13.2 Å². The molecule has 2 aliphatic rings. The molecule has 0 aromatic carbocycles. The summed E-state index contributed by atoms with van der Waals surface area (Å²) in [6.07, 6.45) is 8.04. The Morgan fingerprint density at radius 2 is 2.00 bits per heavy atom. The molecule has 4 unspecified atom stereocenters. The van der Waals surface area contributed by atoms with Crippen LogP contribution in [-0.4, -0.2) is 29.3 Å². The highest BCUT2D eigenvalue weighted by Crippen LogP contribution is 2.58. The Morgan fingerprint density at radius 3 is 2.69 bits per heavy atom. The second kappa shape index (κ2) is 4.97. The van der Waals surface area contributed by atoms with Gasteiger partial charge in [-0.1, -0.05) is 19.1 Å². The van der Waals surface area contributed by atoms with Gasteiger partial charge in [0.25, 0.3) is 16.1 Å². The van der Waals surface area contributed by atoms with Crippen molar-refractivity contribution in [3.63, 3.8) is 0 Å². The van der Waals surface area contributed by atoms with Crippen molar-refractivity contribution in [3.05, 3.63) is 12.2 Å². The smallest absolute Gasteiger partial charge is 0.282 e. The molecule has 2 rings (SSSR count). The van der Waals surface area contributed by atoms with Gasteiger partial charge in [-0.15, -0.1) is 0 Å². The molecule has 0 saturated heterocycles. The van der Waals surface area contributed by atoms with E-state index < -0.39 is 0 Å². The fourth-order valence-electron chi connectivity index (χ4n) is 3.67. The maximum absolute atomic E-state index is 5.15. The molecule has 0 N–H and O–H groups in total. The lowest BCUT2D eigenvalue weighted by molar-refractivity contribution is 0.102. The third-order valence-electron chi connectivity index (χ3n) is 4.63. The Morgan fingerprint density at radius 1 is 1.25 bits per heavy atom. The van der Waals surface area contributed by atoms with Crippen LogP contribution in [0.25, 0.3) is 0 Å². The monoisotopic (exact) mass is 216 g/mol. The van der Waals surface area contributed by atoms with Gasteiger partial charge in [0.2, 0.25) is 0 Å². The van der Waals surface area contributed by atoms with Crippen molar-refractivity contribution in [3.8, 4) is 0 Å². The van der Waals surface area contributed by atoms with Crippen molar-refractivity contribution < 1.29 is 9.31 Å². The van der Waals surface area contributed by atoms with E-state index in [0.717, 1.165) is 12.8 Å². The standard InChI is InChI=1S/C12H18B2O2/c1-12(5-7-16-14)10-3-2-9(8-10)11(12)4-6-15-13/h2-3,9-11H,4-8H2,1H3. The average Bonchev–Trinajstić information content (AvgIpc) is 2.84. The number of rotatable bonds is 6. The average molecular weight is 216 g/mol. The number of fused-ring (bicyclic) bond motifs is 2. The normalized spacial score (nSPS) is 40.7. The fourth-order valence-corrected chi connectivity index (χ4v) is 3.67. The molecule has 1 saturated carbocycles. The summed E-state index contributed by atoms with van der Waals surface area (Å²) in [6.45, 7) is 3.62. The van der Waals surface area contributed by atoms with Crippen LogP contribution < -0.4 is 0 Å². The third-order valence-corrected chi connectivity index (χ3v) is 4.63. The first kappa shape index (κ1) is 12.3. The van der Waals surface area contributed by atoms with Crippen LogP contribution in [0.3, 0.4) is 0 Å². The van der Waals surface area contributed by atoms with E-state index in [4.69, 9.17) is 25.4 Å². The molecular weight excluding hydrogens is 198 g/mol. The van der Waals surface area contributed by atoms with E-state index in [-0.39, 0.29) is 0 Å². The Labute approximate surface area is 101 Å². The fraction of sp³-hybridized carbons (Fsp3) is 0.833. The number of hydrogen-bond donors (Lipinski definition) is 0. The lowest BCUT2D eigenvalue weighted by Gasteiger charge is -2.39. The van der Waals surface area contributed by atoms with Gasteiger partial charge < -0.3 is 9.31 Å². The third kappa shape index (κ3) is 1.98. The number of allylic oxidation sites excluding steroid dienone is 2. The molecule has 2 bridgehead atoms. The molecule has 0 aromatic rings. The molecule has 84 valence electrons. The molecule has 2 nitrogen and oxygen atoms in total. The summed E-state index contributed by atoms with van der Waals surface area (Å²) in [7, 11) is 10.3. The predicted octanol–water partition coefficient (Wildman–Crippen LogP) is 1.80. The lowest BCUT2D eigenvalue weighted by Crippen LogP contribution is -2.33. The molecule has 0 amide bonds. The summed E-state index contributed by atoms with van der Waals surface area (Å²) in [5.74, 6) is 2.03. The zero-order valence-electron chi connectivity index (χ0n) is 9.89. The molecular formula is C12H18B2O2. The van der Waals surface area contributed by atoms with Crippen LogP contribution in [0.4, 0.5) is 0 Å². The Kier molecular flexibility index (Phi) is 3.81. The second-order valence-corrected chi connectivity index (χ2v) is 5.28. The minimum atomic E-state index is 0.303. The minimum absolute atomic E-state index is 0.303. The minimum Gasteiger partial charge on any atom is -0.448 e. The van der Waals surface area contributed by atoms with Crippen molar-refractivity contribution in [1.82, 2.24) is 0 Å². The SMILES string of the molecule is [B]OCCC1C2C=CC(C2)C1(C)CCO[B].